The summed E-state index contributed by atoms with van der Waals surface area (Å²) in [5, 5.41) is 12.8. The van der Waals surface area contributed by atoms with Crippen molar-refractivity contribution in [2.45, 2.75) is 33.3 Å². The quantitative estimate of drug-likeness (QED) is 0.885. The summed E-state index contributed by atoms with van der Waals surface area (Å²) in [7, 11) is 0. The Balaban J connectivity index is 2.17. The number of hydrogen-bond acceptors (Lipinski definition) is 3. The molecule has 2 rings (SSSR count). The van der Waals surface area contributed by atoms with Gasteiger partial charge in [0.2, 0.25) is 5.91 Å². The van der Waals surface area contributed by atoms with Crippen molar-refractivity contribution in [1.82, 2.24) is 5.32 Å². The van der Waals surface area contributed by atoms with Crippen LogP contribution < -0.4 is 5.32 Å². The van der Waals surface area contributed by atoms with Crippen molar-refractivity contribution in [3.05, 3.63) is 35.1 Å². The van der Waals surface area contributed by atoms with Crippen LogP contribution in [0.1, 0.15) is 23.6 Å². The molecule has 0 aliphatic carbocycles. The molecule has 2 N–H and O–H groups in total. The molecule has 1 atom stereocenters. The number of aliphatic hydroxyl groups is 1. The zero-order valence-electron chi connectivity index (χ0n) is 11.5. The summed E-state index contributed by atoms with van der Waals surface area (Å²) in [6, 6.07) is 4.04. The van der Waals surface area contributed by atoms with Crippen molar-refractivity contribution in [3.63, 3.8) is 0 Å². The molecule has 0 saturated carbocycles. The van der Waals surface area contributed by atoms with Gasteiger partial charge < -0.3 is 14.8 Å². The molecule has 0 bridgehead atoms. The molecule has 1 aromatic carbocycles. The molecule has 1 unspecified atom stereocenters. The lowest BCUT2D eigenvalue weighted by Gasteiger charge is -2.06. The highest BCUT2D eigenvalue weighted by atomic mass is 16.3. The minimum absolute atomic E-state index is 0.109. The van der Waals surface area contributed by atoms with Crippen molar-refractivity contribution in [1.29, 1.82) is 0 Å². The second-order valence-corrected chi connectivity index (χ2v) is 5.02. The molecule has 0 aliphatic heterocycles. The van der Waals surface area contributed by atoms with E-state index in [9.17, 15) is 4.79 Å². The maximum absolute atomic E-state index is 11.7. The van der Waals surface area contributed by atoms with E-state index in [1.54, 1.807) is 13.2 Å². The molecule has 4 heteroatoms. The van der Waals surface area contributed by atoms with Crippen molar-refractivity contribution in [2.75, 3.05) is 6.54 Å². The summed E-state index contributed by atoms with van der Waals surface area (Å²) in [6.45, 7) is 5.98. The zero-order chi connectivity index (χ0) is 14.0. The van der Waals surface area contributed by atoms with E-state index in [0.29, 0.717) is 0 Å². The summed E-state index contributed by atoms with van der Waals surface area (Å²) < 4.78 is 5.48. The number of furan rings is 1. The summed E-state index contributed by atoms with van der Waals surface area (Å²) in [4.78, 5) is 11.7. The van der Waals surface area contributed by atoms with Crippen LogP contribution in [0.2, 0.25) is 0 Å². The predicted molar refractivity (Wildman–Crippen MR) is 74.1 cm³/mol. The standard InChI is InChI=1S/C15H19NO3/c1-9-4-13-12(6-15(18)16-7-11(3)17)8-19-14(13)5-10(9)2/h4-5,8,11,17H,6-7H2,1-3H3,(H,16,18). The average molecular weight is 261 g/mol. The second kappa shape index (κ2) is 5.45. The molecule has 102 valence electrons. The third kappa shape index (κ3) is 3.15. The van der Waals surface area contributed by atoms with Gasteiger partial charge in [0.25, 0.3) is 0 Å². The van der Waals surface area contributed by atoms with E-state index >= 15 is 0 Å². The number of rotatable bonds is 4. The Morgan fingerprint density at radius 1 is 1.37 bits per heavy atom. The van der Waals surface area contributed by atoms with Gasteiger partial charge in [-0.05, 0) is 44.0 Å². The van der Waals surface area contributed by atoms with Crippen molar-refractivity contribution in [2.24, 2.45) is 0 Å². The van der Waals surface area contributed by atoms with E-state index in [1.807, 2.05) is 26.0 Å². The van der Waals surface area contributed by atoms with E-state index in [4.69, 9.17) is 9.52 Å². The second-order valence-electron chi connectivity index (χ2n) is 5.02. The number of amides is 1. The van der Waals surface area contributed by atoms with Crippen LogP contribution in [0.4, 0.5) is 0 Å². The van der Waals surface area contributed by atoms with Gasteiger partial charge in [0, 0.05) is 17.5 Å². The largest absolute Gasteiger partial charge is 0.464 e. The molecular weight excluding hydrogens is 242 g/mol. The smallest absolute Gasteiger partial charge is 0.224 e. The van der Waals surface area contributed by atoms with Gasteiger partial charge in [-0.15, -0.1) is 0 Å². The SMILES string of the molecule is Cc1cc2occ(CC(=O)NCC(C)O)c2cc1C. The van der Waals surface area contributed by atoms with Crippen LogP contribution in [-0.4, -0.2) is 23.7 Å². The number of carbonyl (C=O) groups is 1. The molecule has 1 heterocycles. The van der Waals surface area contributed by atoms with Gasteiger partial charge in [-0.3, -0.25) is 4.79 Å². The Morgan fingerprint density at radius 3 is 2.74 bits per heavy atom. The lowest BCUT2D eigenvalue weighted by molar-refractivity contribution is -0.120. The van der Waals surface area contributed by atoms with Crippen molar-refractivity contribution >= 4 is 16.9 Å². The van der Waals surface area contributed by atoms with E-state index < -0.39 is 6.10 Å². The Morgan fingerprint density at radius 2 is 2.05 bits per heavy atom. The lowest BCUT2D eigenvalue weighted by Crippen LogP contribution is -2.31. The highest BCUT2D eigenvalue weighted by molar-refractivity contribution is 5.88. The third-order valence-corrected chi connectivity index (χ3v) is 3.22. The van der Waals surface area contributed by atoms with Crippen molar-refractivity contribution in [3.8, 4) is 0 Å². The van der Waals surface area contributed by atoms with Gasteiger partial charge in [0.15, 0.2) is 0 Å². The summed E-state index contributed by atoms with van der Waals surface area (Å²) in [5.41, 5.74) is 4.04. The number of aryl methyl sites for hydroxylation is 2. The van der Waals surface area contributed by atoms with Gasteiger partial charge >= 0.3 is 0 Å². The molecule has 2 aromatic rings. The van der Waals surface area contributed by atoms with Crippen LogP contribution in [0, 0.1) is 13.8 Å². The molecule has 4 nitrogen and oxygen atoms in total. The van der Waals surface area contributed by atoms with Crippen LogP contribution in [0.3, 0.4) is 0 Å². The Hall–Kier alpha value is -1.81. The first-order valence-corrected chi connectivity index (χ1v) is 6.39. The van der Waals surface area contributed by atoms with Gasteiger partial charge in [0.05, 0.1) is 18.8 Å². The predicted octanol–water partition coefficient (Wildman–Crippen LogP) is 2.09. The fraction of sp³-hybridized carbons (Fsp3) is 0.400. The fourth-order valence-corrected chi connectivity index (χ4v) is 1.97. The highest BCUT2D eigenvalue weighted by Crippen LogP contribution is 2.25. The van der Waals surface area contributed by atoms with Crippen LogP contribution >= 0.6 is 0 Å². The van der Waals surface area contributed by atoms with Gasteiger partial charge in [0.1, 0.15) is 5.58 Å². The molecular formula is C15H19NO3. The maximum atomic E-state index is 11.7. The minimum atomic E-state index is -0.532. The van der Waals surface area contributed by atoms with Crippen LogP contribution in [0.25, 0.3) is 11.0 Å². The Bertz CT molecular complexity index is 599. The van der Waals surface area contributed by atoms with Crippen molar-refractivity contribution < 1.29 is 14.3 Å². The fourth-order valence-electron chi connectivity index (χ4n) is 1.97. The minimum Gasteiger partial charge on any atom is -0.464 e. The lowest BCUT2D eigenvalue weighted by atomic mass is 10.0. The Kier molecular flexibility index (Phi) is 3.90. The van der Waals surface area contributed by atoms with Crippen LogP contribution in [-0.2, 0) is 11.2 Å². The number of carbonyl (C=O) groups excluding carboxylic acids is 1. The molecule has 0 saturated heterocycles. The molecule has 1 aromatic heterocycles. The molecule has 0 spiro atoms. The molecule has 0 aliphatic rings. The van der Waals surface area contributed by atoms with E-state index in [2.05, 4.69) is 5.32 Å². The first kappa shape index (κ1) is 13.6. The number of aliphatic hydroxyl groups excluding tert-OH is 1. The van der Waals surface area contributed by atoms with Crippen LogP contribution in [0.15, 0.2) is 22.8 Å². The topological polar surface area (TPSA) is 62.5 Å². The molecule has 0 fully saturated rings. The van der Waals surface area contributed by atoms with E-state index in [1.165, 1.54) is 11.1 Å². The number of benzene rings is 1. The number of nitrogens with one attached hydrogen (secondary N) is 1. The summed E-state index contributed by atoms with van der Waals surface area (Å²) in [5.74, 6) is -0.109. The first-order chi connectivity index (χ1) is 8.97. The zero-order valence-corrected chi connectivity index (χ0v) is 11.5. The molecule has 19 heavy (non-hydrogen) atoms. The molecule has 1 amide bonds. The average Bonchev–Trinajstić information content (AvgIpc) is 2.70. The summed E-state index contributed by atoms with van der Waals surface area (Å²) in [6.07, 6.45) is 1.36. The third-order valence-electron chi connectivity index (χ3n) is 3.22. The van der Waals surface area contributed by atoms with E-state index in [0.717, 1.165) is 16.5 Å². The van der Waals surface area contributed by atoms with Gasteiger partial charge in [-0.25, -0.2) is 0 Å². The monoisotopic (exact) mass is 261 g/mol. The Labute approximate surface area is 112 Å². The number of hydrogen-bond donors (Lipinski definition) is 2. The van der Waals surface area contributed by atoms with E-state index in [-0.39, 0.29) is 18.9 Å². The molecule has 0 radical (unpaired) electrons. The highest BCUT2D eigenvalue weighted by Gasteiger charge is 2.11. The number of fused-ring (bicyclic) bond motifs is 1. The maximum Gasteiger partial charge on any atom is 0.224 e. The van der Waals surface area contributed by atoms with Crippen LogP contribution in [0.5, 0.6) is 0 Å². The first-order valence-electron chi connectivity index (χ1n) is 6.39. The van der Waals surface area contributed by atoms with Gasteiger partial charge in [-0.1, -0.05) is 0 Å². The summed E-state index contributed by atoms with van der Waals surface area (Å²) >= 11 is 0. The van der Waals surface area contributed by atoms with Gasteiger partial charge in [-0.2, -0.15) is 0 Å². The normalized spacial score (nSPS) is 12.6.